The molecule has 1 heterocycles. The third kappa shape index (κ3) is 4.24. The maximum atomic E-state index is 13.6. The van der Waals surface area contributed by atoms with Crippen LogP contribution in [-0.2, 0) is 4.79 Å². The van der Waals surface area contributed by atoms with Gasteiger partial charge in [0.25, 0.3) is 5.91 Å². The van der Waals surface area contributed by atoms with Gasteiger partial charge in [-0.25, -0.2) is 13.8 Å². The molecule has 1 aromatic carbocycles. The Kier molecular flexibility index (Phi) is 4.88. The third-order valence-electron chi connectivity index (χ3n) is 4.74. The number of nitrogens with one attached hydrogen (secondary N) is 1. The van der Waals surface area contributed by atoms with Crippen molar-refractivity contribution >= 4 is 5.91 Å². The van der Waals surface area contributed by atoms with E-state index in [1.165, 1.54) is 26.0 Å². The number of benzene rings is 1. The van der Waals surface area contributed by atoms with Gasteiger partial charge in [0.15, 0.2) is 5.67 Å². The van der Waals surface area contributed by atoms with Crippen LogP contribution in [0.2, 0.25) is 0 Å². The van der Waals surface area contributed by atoms with E-state index < -0.39 is 11.6 Å². The second-order valence-corrected chi connectivity index (χ2v) is 7.16. The molecule has 134 valence electrons. The summed E-state index contributed by atoms with van der Waals surface area (Å²) < 4.78 is 28.7. The third-order valence-corrected chi connectivity index (χ3v) is 4.74. The normalized spacial score (nSPS) is 21.1. The molecule has 1 amide bonds. The van der Waals surface area contributed by atoms with Crippen LogP contribution in [0.15, 0.2) is 36.8 Å². The van der Waals surface area contributed by atoms with E-state index in [1.54, 1.807) is 18.5 Å². The number of amides is 1. The maximum Gasteiger partial charge on any atom is 0.257 e. The average molecular weight is 347 g/mol. The summed E-state index contributed by atoms with van der Waals surface area (Å²) in [5.74, 6) is -0.808. The Labute approximate surface area is 146 Å². The molecule has 1 aliphatic carbocycles. The molecule has 25 heavy (non-hydrogen) atoms. The molecule has 0 saturated heterocycles. The van der Waals surface area contributed by atoms with Crippen molar-refractivity contribution in [3.05, 3.63) is 42.6 Å². The van der Waals surface area contributed by atoms with Gasteiger partial charge in [-0.2, -0.15) is 0 Å². The highest BCUT2D eigenvalue weighted by Crippen LogP contribution is 2.30. The highest BCUT2D eigenvalue weighted by atomic mass is 19.1. The Morgan fingerprint density at radius 1 is 1.20 bits per heavy atom. The number of carbonyl (C=O) groups excluding carboxylic acids is 1. The largest absolute Gasteiger partial charge is 0.351 e. The maximum absolute atomic E-state index is 13.6. The predicted molar refractivity (Wildman–Crippen MR) is 92.2 cm³/mol. The number of hydrogen-bond acceptors (Lipinski definition) is 2. The summed E-state index contributed by atoms with van der Waals surface area (Å²) in [6, 6.07) is 6.62. The molecular formula is C19H23F2N3O. The first-order chi connectivity index (χ1) is 11.8. The number of hydrogen-bond donors (Lipinski definition) is 1. The van der Waals surface area contributed by atoms with Crippen molar-refractivity contribution in [3.63, 3.8) is 0 Å². The first kappa shape index (κ1) is 17.6. The van der Waals surface area contributed by atoms with Crippen molar-refractivity contribution in [1.82, 2.24) is 14.9 Å². The first-order valence-electron chi connectivity index (χ1n) is 8.62. The van der Waals surface area contributed by atoms with E-state index in [0.717, 1.165) is 36.9 Å². The van der Waals surface area contributed by atoms with Gasteiger partial charge in [-0.05, 0) is 63.8 Å². The van der Waals surface area contributed by atoms with Gasteiger partial charge in [0.2, 0.25) is 0 Å². The molecule has 0 spiro atoms. The smallest absolute Gasteiger partial charge is 0.257 e. The lowest BCUT2D eigenvalue weighted by atomic mass is 9.90. The molecule has 1 N–H and O–H groups in total. The topological polar surface area (TPSA) is 46.9 Å². The molecule has 1 saturated carbocycles. The molecule has 0 atom stereocenters. The van der Waals surface area contributed by atoms with Crippen LogP contribution in [0.4, 0.5) is 8.78 Å². The summed E-state index contributed by atoms with van der Waals surface area (Å²) in [4.78, 5) is 16.2. The SMILES string of the molecule is CC(C)(F)C(=O)NC1CCC(n2cnc(-c3ccc(F)cc3)c2)CC1. The van der Waals surface area contributed by atoms with Crippen molar-refractivity contribution in [1.29, 1.82) is 0 Å². The quantitative estimate of drug-likeness (QED) is 0.907. The summed E-state index contributed by atoms with van der Waals surface area (Å²) in [6.45, 7) is 2.55. The zero-order valence-electron chi connectivity index (χ0n) is 14.5. The zero-order chi connectivity index (χ0) is 18.0. The van der Waals surface area contributed by atoms with Crippen molar-refractivity contribution < 1.29 is 13.6 Å². The molecule has 4 nitrogen and oxygen atoms in total. The van der Waals surface area contributed by atoms with Gasteiger partial charge in [0.1, 0.15) is 5.82 Å². The molecule has 0 radical (unpaired) electrons. The van der Waals surface area contributed by atoms with Gasteiger partial charge in [-0.1, -0.05) is 0 Å². The Hall–Kier alpha value is -2.24. The highest BCUT2D eigenvalue weighted by molar-refractivity contribution is 5.84. The highest BCUT2D eigenvalue weighted by Gasteiger charge is 2.30. The van der Waals surface area contributed by atoms with E-state index in [4.69, 9.17) is 0 Å². The van der Waals surface area contributed by atoms with Crippen molar-refractivity contribution in [2.45, 2.75) is 57.3 Å². The molecule has 1 aliphatic rings. The average Bonchev–Trinajstić information content (AvgIpc) is 3.05. The van der Waals surface area contributed by atoms with E-state index in [0.29, 0.717) is 6.04 Å². The predicted octanol–water partition coefficient (Wildman–Crippen LogP) is 4.04. The summed E-state index contributed by atoms with van der Waals surface area (Å²) >= 11 is 0. The molecule has 3 rings (SSSR count). The van der Waals surface area contributed by atoms with Gasteiger partial charge in [-0.3, -0.25) is 4.79 Å². The van der Waals surface area contributed by atoms with Crippen molar-refractivity contribution in [2.75, 3.05) is 0 Å². The number of rotatable bonds is 4. The van der Waals surface area contributed by atoms with Crippen LogP contribution in [-0.4, -0.2) is 27.2 Å². The molecular weight excluding hydrogens is 324 g/mol. The number of aromatic nitrogens is 2. The van der Waals surface area contributed by atoms with Crippen LogP contribution in [0.25, 0.3) is 11.3 Å². The minimum Gasteiger partial charge on any atom is -0.351 e. The molecule has 2 aromatic rings. The van der Waals surface area contributed by atoms with E-state index in [9.17, 15) is 13.6 Å². The van der Waals surface area contributed by atoms with Crippen LogP contribution in [0.5, 0.6) is 0 Å². The zero-order valence-corrected chi connectivity index (χ0v) is 14.5. The fourth-order valence-corrected chi connectivity index (χ4v) is 3.18. The molecule has 6 heteroatoms. The molecule has 0 aliphatic heterocycles. The van der Waals surface area contributed by atoms with Gasteiger partial charge >= 0.3 is 0 Å². The minimum absolute atomic E-state index is 0.0267. The van der Waals surface area contributed by atoms with Gasteiger partial charge in [-0.15, -0.1) is 0 Å². The van der Waals surface area contributed by atoms with Gasteiger partial charge in [0, 0.05) is 23.8 Å². The lowest BCUT2D eigenvalue weighted by molar-refractivity contribution is -0.131. The number of alkyl halides is 1. The summed E-state index contributed by atoms with van der Waals surface area (Å²) in [5, 5.41) is 2.79. The standard InChI is InChI=1S/C19H23F2N3O/c1-19(2,21)18(25)23-15-7-9-16(10-8-15)24-11-17(22-12-24)13-3-5-14(20)6-4-13/h3-6,11-12,15-16H,7-10H2,1-2H3,(H,23,25). The van der Waals surface area contributed by atoms with E-state index in [-0.39, 0.29) is 11.9 Å². The van der Waals surface area contributed by atoms with Crippen LogP contribution in [0.1, 0.15) is 45.6 Å². The lowest BCUT2D eigenvalue weighted by Crippen LogP contribution is -2.45. The molecule has 0 unspecified atom stereocenters. The Balaban J connectivity index is 1.58. The Morgan fingerprint density at radius 3 is 2.44 bits per heavy atom. The van der Waals surface area contributed by atoms with Crippen LogP contribution >= 0.6 is 0 Å². The summed E-state index contributed by atoms with van der Waals surface area (Å²) in [7, 11) is 0. The van der Waals surface area contributed by atoms with Gasteiger partial charge in [0.05, 0.1) is 12.0 Å². The number of carbonyl (C=O) groups is 1. The number of imidazole rings is 1. The van der Waals surface area contributed by atoms with Gasteiger partial charge < -0.3 is 9.88 Å². The minimum atomic E-state index is -1.84. The van der Waals surface area contributed by atoms with Crippen molar-refractivity contribution in [3.8, 4) is 11.3 Å². The van der Waals surface area contributed by atoms with Crippen LogP contribution in [0.3, 0.4) is 0 Å². The molecule has 1 fully saturated rings. The lowest BCUT2D eigenvalue weighted by Gasteiger charge is -2.30. The Bertz CT molecular complexity index is 726. The molecule has 0 bridgehead atoms. The number of halogens is 2. The fourth-order valence-electron chi connectivity index (χ4n) is 3.18. The monoisotopic (exact) mass is 347 g/mol. The molecule has 1 aromatic heterocycles. The summed E-state index contributed by atoms with van der Waals surface area (Å²) in [6.07, 6.45) is 7.20. The first-order valence-corrected chi connectivity index (χ1v) is 8.62. The van der Waals surface area contributed by atoms with Crippen LogP contribution < -0.4 is 5.32 Å². The van der Waals surface area contributed by atoms with Crippen molar-refractivity contribution in [2.24, 2.45) is 0 Å². The second-order valence-electron chi connectivity index (χ2n) is 7.16. The van der Waals surface area contributed by atoms with E-state index >= 15 is 0 Å². The summed E-state index contributed by atoms with van der Waals surface area (Å²) in [5.41, 5.74) is -0.147. The fraction of sp³-hybridized carbons (Fsp3) is 0.474. The van der Waals surface area contributed by atoms with Crippen LogP contribution in [0, 0.1) is 5.82 Å². The number of nitrogens with zero attached hydrogens (tertiary/aromatic N) is 2. The second kappa shape index (κ2) is 6.94. The van der Waals surface area contributed by atoms with E-state index in [1.807, 2.05) is 6.20 Å². The Morgan fingerprint density at radius 2 is 1.84 bits per heavy atom. The van der Waals surface area contributed by atoms with E-state index in [2.05, 4.69) is 14.9 Å².